The van der Waals surface area contributed by atoms with Gasteiger partial charge in [0.1, 0.15) is 6.10 Å². The molecule has 2 saturated heterocycles. The number of amides is 1. The maximum atomic E-state index is 12.8. The predicted octanol–water partition coefficient (Wildman–Crippen LogP) is 2.48. The number of likely N-dealkylation sites (tertiary alicyclic amines) is 1. The summed E-state index contributed by atoms with van der Waals surface area (Å²) in [4.78, 5) is 14.4. The summed E-state index contributed by atoms with van der Waals surface area (Å²) in [6.07, 6.45) is 12.2. The number of ether oxygens (including phenoxy) is 1. The SMILES string of the molecule is C=C1C2=CC=CC3C=CC=C(C(=O)N1C(=C)C1CO1)C23. The molecule has 0 aromatic rings. The number of epoxide rings is 1. The lowest BCUT2D eigenvalue weighted by Crippen LogP contribution is -2.43. The summed E-state index contributed by atoms with van der Waals surface area (Å²) in [7, 11) is 0. The highest BCUT2D eigenvalue weighted by Crippen LogP contribution is 2.46. The zero-order chi connectivity index (χ0) is 13.9. The van der Waals surface area contributed by atoms with Crippen molar-refractivity contribution in [3.63, 3.8) is 0 Å². The van der Waals surface area contributed by atoms with Crippen molar-refractivity contribution in [1.29, 1.82) is 0 Å². The molecule has 100 valence electrons. The first-order valence-electron chi connectivity index (χ1n) is 6.79. The van der Waals surface area contributed by atoms with Crippen LogP contribution in [0, 0.1) is 11.8 Å². The van der Waals surface area contributed by atoms with E-state index < -0.39 is 0 Å². The average molecular weight is 265 g/mol. The van der Waals surface area contributed by atoms with E-state index in [-0.39, 0.29) is 23.8 Å². The third kappa shape index (κ3) is 1.47. The van der Waals surface area contributed by atoms with Gasteiger partial charge in [0, 0.05) is 23.1 Å². The van der Waals surface area contributed by atoms with Crippen LogP contribution in [0.1, 0.15) is 0 Å². The second kappa shape index (κ2) is 3.93. The smallest absolute Gasteiger partial charge is 0.259 e. The molecular formula is C17H15NO2. The molecule has 3 unspecified atom stereocenters. The zero-order valence-corrected chi connectivity index (χ0v) is 11.1. The number of allylic oxidation sites excluding steroid dienone is 7. The van der Waals surface area contributed by atoms with E-state index in [4.69, 9.17) is 4.74 Å². The van der Waals surface area contributed by atoms with Crippen LogP contribution in [0.5, 0.6) is 0 Å². The first-order chi connectivity index (χ1) is 9.68. The molecule has 0 radical (unpaired) electrons. The van der Waals surface area contributed by atoms with Crippen molar-refractivity contribution in [1.82, 2.24) is 4.90 Å². The maximum absolute atomic E-state index is 12.8. The van der Waals surface area contributed by atoms with E-state index in [2.05, 4.69) is 31.4 Å². The summed E-state index contributed by atoms with van der Waals surface area (Å²) >= 11 is 0. The lowest BCUT2D eigenvalue weighted by Gasteiger charge is -2.42. The van der Waals surface area contributed by atoms with Gasteiger partial charge in [-0.1, -0.05) is 49.6 Å². The van der Waals surface area contributed by atoms with E-state index >= 15 is 0 Å². The topological polar surface area (TPSA) is 32.8 Å². The second-order valence-corrected chi connectivity index (χ2v) is 5.47. The molecule has 4 rings (SSSR count). The molecule has 3 nitrogen and oxygen atoms in total. The first kappa shape index (κ1) is 11.7. The summed E-state index contributed by atoms with van der Waals surface area (Å²) in [6.45, 7) is 8.78. The number of nitrogens with zero attached hydrogens (tertiary/aromatic N) is 1. The summed E-state index contributed by atoms with van der Waals surface area (Å²) in [5.41, 5.74) is 3.36. The molecule has 0 saturated carbocycles. The van der Waals surface area contributed by atoms with Crippen LogP contribution in [0.2, 0.25) is 0 Å². The molecule has 2 heterocycles. The van der Waals surface area contributed by atoms with Crippen molar-refractivity contribution in [2.45, 2.75) is 6.10 Å². The van der Waals surface area contributed by atoms with Crippen molar-refractivity contribution >= 4 is 5.91 Å². The van der Waals surface area contributed by atoms with Crippen LogP contribution in [-0.2, 0) is 9.53 Å². The Hall–Kier alpha value is -2.13. The van der Waals surface area contributed by atoms with Crippen LogP contribution >= 0.6 is 0 Å². The molecule has 2 aliphatic heterocycles. The number of rotatable bonds is 2. The van der Waals surface area contributed by atoms with Crippen molar-refractivity contribution in [2.24, 2.45) is 11.8 Å². The molecule has 0 aromatic carbocycles. The minimum Gasteiger partial charge on any atom is -0.366 e. The van der Waals surface area contributed by atoms with Crippen molar-refractivity contribution in [3.8, 4) is 0 Å². The van der Waals surface area contributed by atoms with Gasteiger partial charge in [-0.2, -0.15) is 0 Å². The maximum Gasteiger partial charge on any atom is 0.259 e. The van der Waals surface area contributed by atoms with Gasteiger partial charge in [0.15, 0.2) is 0 Å². The molecule has 3 heteroatoms. The van der Waals surface area contributed by atoms with E-state index in [1.54, 1.807) is 4.90 Å². The summed E-state index contributed by atoms with van der Waals surface area (Å²) in [6, 6.07) is 0. The van der Waals surface area contributed by atoms with E-state index in [1.165, 1.54) is 0 Å². The lowest BCUT2D eigenvalue weighted by molar-refractivity contribution is -0.125. The quantitative estimate of drug-likeness (QED) is 0.719. The van der Waals surface area contributed by atoms with Gasteiger partial charge in [0.05, 0.1) is 12.3 Å². The average Bonchev–Trinajstić information content (AvgIpc) is 3.29. The summed E-state index contributed by atoms with van der Waals surface area (Å²) in [5.74, 6) is 0.347. The van der Waals surface area contributed by atoms with Crippen LogP contribution < -0.4 is 0 Å². The predicted molar refractivity (Wildman–Crippen MR) is 76.3 cm³/mol. The Morgan fingerprint density at radius 3 is 2.55 bits per heavy atom. The Morgan fingerprint density at radius 2 is 1.90 bits per heavy atom. The summed E-state index contributed by atoms with van der Waals surface area (Å²) < 4.78 is 5.26. The normalized spacial score (nSPS) is 33.6. The van der Waals surface area contributed by atoms with Crippen molar-refractivity contribution in [3.05, 3.63) is 72.2 Å². The Balaban J connectivity index is 1.82. The number of carbonyl (C=O) groups is 1. The molecule has 0 N–H and O–H groups in total. The van der Waals surface area contributed by atoms with Crippen LogP contribution in [0.3, 0.4) is 0 Å². The van der Waals surface area contributed by atoms with Gasteiger partial charge in [-0.05, 0) is 5.57 Å². The standard InChI is InChI=1S/C17H15NO2/c1-10-13-7-3-5-12-6-4-8-14(16(12)13)17(19)18(10)11(2)15-9-20-15/h3-8,12,15-16H,1-2,9H2. The van der Waals surface area contributed by atoms with E-state index in [1.807, 2.05) is 18.2 Å². The van der Waals surface area contributed by atoms with Crippen LogP contribution in [0.4, 0.5) is 0 Å². The fourth-order valence-corrected chi connectivity index (χ4v) is 3.20. The van der Waals surface area contributed by atoms with Gasteiger partial charge >= 0.3 is 0 Å². The minimum absolute atomic E-state index is 0.0118. The van der Waals surface area contributed by atoms with Gasteiger partial charge in [-0.3, -0.25) is 9.69 Å². The number of hydrogen-bond acceptors (Lipinski definition) is 2. The van der Waals surface area contributed by atoms with Gasteiger partial charge in [-0.25, -0.2) is 0 Å². The van der Waals surface area contributed by atoms with Crippen molar-refractivity contribution < 1.29 is 9.53 Å². The highest BCUT2D eigenvalue weighted by Gasteiger charge is 2.44. The fraction of sp³-hybridized carbons (Fsp3) is 0.235. The van der Waals surface area contributed by atoms with E-state index in [0.717, 1.165) is 16.8 Å². The Labute approximate surface area is 117 Å². The van der Waals surface area contributed by atoms with Crippen molar-refractivity contribution in [2.75, 3.05) is 6.61 Å². The summed E-state index contributed by atoms with van der Waals surface area (Å²) in [5, 5.41) is 0. The highest BCUT2D eigenvalue weighted by atomic mass is 16.6. The molecule has 4 aliphatic rings. The number of piperidine rings is 1. The Kier molecular flexibility index (Phi) is 2.30. The van der Waals surface area contributed by atoms with Crippen LogP contribution in [0.25, 0.3) is 0 Å². The Morgan fingerprint density at radius 1 is 1.25 bits per heavy atom. The molecular weight excluding hydrogens is 250 g/mol. The van der Waals surface area contributed by atoms with Gasteiger partial charge < -0.3 is 4.74 Å². The zero-order valence-electron chi connectivity index (χ0n) is 11.1. The first-order valence-corrected chi connectivity index (χ1v) is 6.79. The molecule has 2 fully saturated rings. The molecule has 3 atom stereocenters. The fourth-order valence-electron chi connectivity index (χ4n) is 3.20. The van der Waals surface area contributed by atoms with E-state index in [0.29, 0.717) is 12.3 Å². The third-order valence-corrected chi connectivity index (χ3v) is 4.32. The molecule has 20 heavy (non-hydrogen) atoms. The minimum atomic E-state index is -0.0393. The van der Waals surface area contributed by atoms with Gasteiger partial charge in [-0.15, -0.1) is 0 Å². The molecule has 0 aromatic heterocycles. The lowest BCUT2D eigenvalue weighted by atomic mass is 9.71. The van der Waals surface area contributed by atoms with Crippen LogP contribution in [0.15, 0.2) is 72.2 Å². The van der Waals surface area contributed by atoms with Gasteiger partial charge in [0.2, 0.25) is 0 Å². The second-order valence-electron chi connectivity index (χ2n) is 5.47. The Bertz CT molecular complexity index is 614. The number of carbonyl (C=O) groups excluding carboxylic acids is 1. The third-order valence-electron chi connectivity index (χ3n) is 4.32. The number of hydrogen-bond donors (Lipinski definition) is 0. The van der Waals surface area contributed by atoms with Crippen LogP contribution in [-0.4, -0.2) is 23.5 Å². The van der Waals surface area contributed by atoms with E-state index in [9.17, 15) is 4.79 Å². The molecule has 2 aliphatic carbocycles. The molecule has 1 amide bonds. The largest absolute Gasteiger partial charge is 0.366 e. The monoisotopic (exact) mass is 265 g/mol. The molecule has 0 spiro atoms. The highest BCUT2D eigenvalue weighted by molar-refractivity contribution is 6.00. The molecule has 0 bridgehead atoms. The van der Waals surface area contributed by atoms with Gasteiger partial charge in [0.25, 0.3) is 5.91 Å².